The Bertz CT molecular complexity index is 574. The molecule has 1 atom stereocenters. The number of rotatable bonds is 8. The number of nitrogens with zero attached hydrogens (tertiary/aromatic N) is 1. The molecule has 1 aromatic carbocycles. The van der Waals surface area contributed by atoms with Crippen LogP contribution in [0.2, 0.25) is 0 Å². The second-order valence-electron chi connectivity index (χ2n) is 5.81. The number of carbonyl (C=O) groups excluding carboxylic acids is 2. The van der Waals surface area contributed by atoms with E-state index in [4.69, 9.17) is 0 Å². The monoisotopic (exact) mass is 320 g/mol. The zero-order valence-corrected chi connectivity index (χ0v) is 13.4. The Morgan fingerprint density at radius 1 is 1.48 bits per heavy atom. The lowest BCUT2D eigenvalue weighted by Crippen LogP contribution is -2.26. The van der Waals surface area contributed by atoms with Gasteiger partial charge in [0.1, 0.15) is 5.75 Å². The molecule has 6 nitrogen and oxygen atoms in total. The molecule has 0 bridgehead atoms. The van der Waals surface area contributed by atoms with Gasteiger partial charge in [0, 0.05) is 43.3 Å². The summed E-state index contributed by atoms with van der Waals surface area (Å²) in [5, 5.41) is 22.2. The van der Waals surface area contributed by atoms with Crippen molar-refractivity contribution in [1.29, 1.82) is 0 Å². The maximum atomic E-state index is 11.6. The van der Waals surface area contributed by atoms with Crippen molar-refractivity contribution in [3.05, 3.63) is 23.3 Å². The number of anilines is 1. The van der Waals surface area contributed by atoms with Gasteiger partial charge in [-0.3, -0.25) is 9.59 Å². The van der Waals surface area contributed by atoms with Gasteiger partial charge < -0.3 is 20.4 Å². The Labute approximate surface area is 136 Å². The smallest absolute Gasteiger partial charge is 0.219 e. The van der Waals surface area contributed by atoms with Crippen LogP contribution in [0.15, 0.2) is 12.1 Å². The largest absolute Gasteiger partial charge is 0.508 e. The van der Waals surface area contributed by atoms with Gasteiger partial charge in [-0.05, 0) is 37.0 Å². The highest BCUT2D eigenvalue weighted by Gasteiger charge is 2.31. The lowest BCUT2D eigenvalue weighted by Gasteiger charge is -2.15. The number of benzene rings is 1. The van der Waals surface area contributed by atoms with E-state index in [1.165, 1.54) is 0 Å². The minimum atomic E-state index is -0.0644. The molecule has 1 heterocycles. The summed E-state index contributed by atoms with van der Waals surface area (Å²) in [7, 11) is 0. The summed E-state index contributed by atoms with van der Waals surface area (Å²) >= 11 is 0. The summed E-state index contributed by atoms with van der Waals surface area (Å²) in [6.07, 6.45) is 3.15. The third kappa shape index (κ3) is 3.82. The standard InChI is InChI=1S/C17H24N2O4/c1-2-3-16(23)18-8-6-12-10-19(11-21)14-4-5-15(22)13(7-9-20)17(12)14/h4-5,11-12,20,22H,2-3,6-10H2,1H3,(H,18,23). The molecular weight excluding hydrogens is 296 g/mol. The average Bonchev–Trinajstić information content (AvgIpc) is 2.88. The second-order valence-corrected chi connectivity index (χ2v) is 5.81. The van der Waals surface area contributed by atoms with E-state index < -0.39 is 0 Å². The van der Waals surface area contributed by atoms with E-state index in [2.05, 4.69) is 5.32 Å². The van der Waals surface area contributed by atoms with Crippen LogP contribution in [0, 0.1) is 0 Å². The summed E-state index contributed by atoms with van der Waals surface area (Å²) in [6, 6.07) is 3.29. The first-order valence-electron chi connectivity index (χ1n) is 8.06. The van der Waals surface area contributed by atoms with Crippen LogP contribution in [-0.4, -0.2) is 42.2 Å². The van der Waals surface area contributed by atoms with Gasteiger partial charge in [-0.25, -0.2) is 0 Å². The highest BCUT2D eigenvalue weighted by molar-refractivity contribution is 5.82. The first-order chi connectivity index (χ1) is 11.1. The van der Waals surface area contributed by atoms with E-state index in [0.717, 1.165) is 24.1 Å². The highest BCUT2D eigenvalue weighted by atomic mass is 16.3. The topological polar surface area (TPSA) is 89.9 Å². The van der Waals surface area contributed by atoms with Gasteiger partial charge >= 0.3 is 0 Å². The molecule has 0 spiro atoms. The van der Waals surface area contributed by atoms with Crippen LogP contribution >= 0.6 is 0 Å². The summed E-state index contributed by atoms with van der Waals surface area (Å²) in [5.41, 5.74) is 2.39. The molecule has 0 aromatic heterocycles. The van der Waals surface area contributed by atoms with Crippen molar-refractivity contribution >= 4 is 18.0 Å². The number of hydrogen-bond donors (Lipinski definition) is 3. The molecule has 0 saturated heterocycles. The quantitative estimate of drug-likeness (QED) is 0.630. The van der Waals surface area contributed by atoms with E-state index in [1.54, 1.807) is 17.0 Å². The summed E-state index contributed by atoms with van der Waals surface area (Å²) in [6.45, 7) is 2.96. The second kappa shape index (κ2) is 7.97. The first-order valence-corrected chi connectivity index (χ1v) is 8.06. The van der Waals surface area contributed by atoms with Crippen molar-refractivity contribution in [2.45, 2.75) is 38.5 Å². The molecule has 1 aliphatic rings. The van der Waals surface area contributed by atoms with Gasteiger partial charge in [0.05, 0.1) is 0 Å². The Balaban J connectivity index is 2.16. The molecule has 0 aliphatic carbocycles. The number of carbonyl (C=O) groups is 2. The zero-order valence-electron chi connectivity index (χ0n) is 13.4. The Morgan fingerprint density at radius 3 is 2.91 bits per heavy atom. The predicted molar refractivity (Wildman–Crippen MR) is 87.6 cm³/mol. The average molecular weight is 320 g/mol. The van der Waals surface area contributed by atoms with Gasteiger partial charge in [-0.2, -0.15) is 0 Å². The van der Waals surface area contributed by atoms with Crippen LogP contribution in [0.4, 0.5) is 5.69 Å². The maximum absolute atomic E-state index is 11.6. The van der Waals surface area contributed by atoms with Gasteiger partial charge in [0.15, 0.2) is 0 Å². The number of aromatic hydroxyl groups is 1. The zero-order chi connectivity index (χ0) is 16.8. The number of aliphatic hydroxyl groups excluding tert-OH is 1. The SMILES string of the molecule is CCCC(=O)NCCC1CN(C=O)c2ccc(O)c(CCO)c21. The van der Waals surface area contributed by atoms with Crippen molar-refractivity contribution in [2.24, 2.45) is 0 Å². The van der Waals surface area contributed by atoms with Crippen LogP contribution in [0.3, 0.4) is 0 Å². The number of hydrogen-bond acceptors (Lipinski definition) is 4. The Kier molecular flexibility index (Phi) is 5.98. The minimum absolute atomic E-state index is 0.0319. The van der Waals surface area contributed by atoms with Crippen molar-refractivity contribution in [2.75, 3.05) is 24.6 Å². The molecule has 2 amide bonds. The lowest BCUT2D eigenvalue weighted by atomic mass is 9.91. The molecule has 2 rings (SSSR count). The Morgan fingerprint density at radius 2 is 2.26 bits per heavy atom. The minimum Gasteiger partial charge on any atom is -0.508 e. The number of phenols is 1. The van der Waals surface area contributed by atoms with E-state index in [0.29, 0.717) is 37.9 Å². The van der Waals surface area contributed by atoms with Crippen molar-refractivity contribution < 1.29 is 19.8 Å². The van der Waals surface area contributed by atoms with E-state index in [-0.39, 0.29) is 24.2 Å². The molecule has 6 heteroatoms. The third-order valence-corrected chi connectivity index (χ3v) is 4.23. The number of phenolic OH excluding ortho intramolecular Hbond substituents is 1. The van der Waals surface area contributed by atoms with Gasteiger partial charge in [-0.15, -0.1) is 0 Å². The van der Waals surface area contributed by atoms with Crippen molar-refractivity contribution in [1.82, 2.24) is 5.32 Å². The van der Waals surface area contributed by atoms with Gasteiger partial charge in [-0.1, -0.05) is 6.92 Å². The number of fused-ring (bicyclic) bond motifs is 1. The number of nitrogens with one attached hydrogen (secondary N) is 1. The molecular formula is C17H24N2O4. The van der Waals surface area contributed by atoms with E-state index in [1.807, 2.05) is 6.92 Å². The fraction of sp³-hybridized carbons (Fsp3) is 0.529. The van der Waals surface area contributed by atoms with E-state index in [9.17, 15) is 19.8 Å². The maximum Gasteiger partial charge on any atom is 0.219 e. The van der Waals surface area contributed by atoms with Gasteiger partial charge in [0.25, 0.3) is 0 Å². The molecule has 0 fully saturated rings. The van der Waals surface area contributed by atoms with Crippen LogP contribution < -0.4 is 10.2 Å². The normalized spacial score (nSPS) is 16.3. The molecule has 3 N–H and O–H groups in total. The fourth-order valence-corrected chi connectivity index (χ4v) is 3.19. The summed E-state index contributed by atoms with van der Waals surface area (Å²) < 4.78 is 0. The predicted octanol–water partition coefficient (Wildman–Crippen LogP) is 1.29. The van der Waals surface area contributed by atoms with Gasteiger partial charge in [0.2, 0.25) is 12.3 Å². The number of amides is 2. The molecule has 1 aromatic rings. The summed E-state index contributed by atoms with van der Waals surface area (Å²) in [5.74, 6) is 0.223. The molecule has 1 aliphatic heterocycles. The molecule has 1 unspecified atom stereocenters. The van der Waals surface area contributed by atoms with Crippen LogP contribution in [-0.2, 0) is 16.0 Å². The van der Waals surface area contributed by atoms with Crippen LogP contribution in [0.5, 0.6) is 5.75 Å². The van der Waals surface area contributed by atoms with E-state index >= 15 is 0 Å². The highest BCUT2D eigenvalue weighted by Crippen LogP contribution is 2.42. The fourth-order valence-electron chi connectivity index (χ4n) is 3.19. The molecule has 23 heavy (non-hydrogen) atoms. The lowest BCUT2D eigenvalue weighted by molar-refractivity contribution is -0.121. The van der Waals surface area contributed by atoms with Crippen molar-refractivity contribution in [3.63, 3.8) is 0 Å². The van der Waals surface area contributed by atoms with Crippen molar-refractivity contribution in [3.8, 4) is 5.75 Å². The number of aliphatic hydroxyl groups is 1. The molecule has 126 valence electrons. The molecule has 0 saturated carbocycles. The molecule has 0 radical (unpaired) electrons. The third-order valence-electron chi connectivity index (χ3n) is 4.23. The first kappa shape index (κ1) is 17.3. The van der Waals surface area contributed by atoms with Crippen LogP contribution in [0.1, 0.15) is 43.2 Å². The summed E-state index contributed by atoms with van der Waals surface area (Å²) in [4.78, 5) is 24.5. The van der Waals surface area contributed by atoms with Crippen LogP contribution in [0.25, 0.3) is 0 Å². The Hall–Kier alpha value is -2.08.